The molecule has 0 fully saturated rings. The lowest BCUT2D eigenvalue weighted by molar-refractivity contribution is 0.0998. The van der Waals surface area contributed by atoms with Crippen LogP contribution in [0.15, 0.2) is 48.5 Å². The predicted octanol–water partition coefficient (Wildman–Crippen LogP) is 2.40. The van der Waals surface area contributed by atoms with Gasteiger partial charge in [0.05, 0.1) is 18.4 Å². The van der Waals surface area contributed by atoms with Gasteiger partial charge in [0.1, 0.15) is 11.5 Å². The quantitative estimate of drug-likeness (QED) is 0.903. The summed E-state index contributed by atoms with van der Waals surface area (Å²) >= 11 is 0. The predicted molar refractivity (Wildman–Crippen MR) is 77.6 cm³/mol. The SMILES string of the molecule is COc1ccccc1NC(=O)Oc1ccccc1C(N)=O. The molecule has 0 saturated carbocycles. The molecule has 0 unspecified atom stereocenters. The van der Waals surface area contributed by atoms with Gasteiger partial charge in [-0.2, -0.15) is 0 Å². The van der Waals surface area contributed by atoms with Crippen molar-refractivity contribution in [2.75, 3.05) is 12.4 Å². The standard InChI is InChI=1S/C15H14N2O4/c1-20-13-9-5-3-7-11(13)17-15(19)21-12-8-4-2-6-10(12)14(16)18/h2-9H,1H3,(H2,16,18)(H,17,19). The molecule has 0 aromatic heterocycles. The molecular formula is C15H14N2O4. The number of carbonyl (C=O) groups excluding carboxylic acids is 2. The number of rotatable bonds is 4. The van der Waals surface area contributed by atoms with Gasteiger partial charge in [-0.1, -0.05) is 24.3 Å². The Bertz CT molecular complexity index is 670. The summed E-state index contributed by atoms with van der Waals surface area (Å²) < 4.78 is 10.2. The van der Waals surface area contributed by atoms with Crippen molar-refractivity contribution in [3.8, 4) is 11.5 Å². The van der Waals surface area contributed by atoms with Crippen LogP contribution >= 0.6 is 0 Å². The molecular weight excluding hydrogens is 272 g/mol. The van der Waals surface area contributed by atoms with E-state index >= 15 is 0 Å². The summed E-state index contributed by atoms with van der Waals surface area (Å²) in [5.74, 6) is -0.0780. The summed E-state index contributed by atoms with van der Waals surface area (Å²) in [5.41, 5.74) is 5.81. The Morgan fingerprint density at radius 2 is 1.62 bits per heavy atom. The topological polar surface area (TPSA) is 90.7 Å². The number of hydrogen-bond donors (Lipinski definition) is 2. The van der Waals surface area contributed by atoms with Crippen LogP contribution in [-0.2, 0) is 0 Å². The molecule has 0 radical (unpaired) electrons. The van der Waals surface area contributed by atoms with E-state index in [4.69, 9.17) is 15.2 Å². The molecule has 0 atom stereocenters. The van der Waals surface area contributed by atoms with Gasteiger partial charge in [0, 0.05) is 0 Å². The fourth-order valence-electron chi connectivity index (χ4n) is 1.74. The number of nitrogens with two attached hydrogens (primary N) is 1. The maximum atomic E-state index is 11.9. The Kier molecular flexibility index (Phi) is 4.40. The van der Waals surface area contributed by atoms with Crippen LogP contribution in [0.5, 0.6) is 11.5 Å². The molecule has 2 aromatic carbocycles. The normalized spacial score (nSPS) is 9.76. The molecule has 0 spiro atoms. The Hall–Kier alpha value is -3.02. The number of carbonyl (C=O) groups is 2. The molecule has 6 heteroatoms. The number of methoxy groups -OCH3 is 1. The zero-order valence-electron chi connectivity index (χ0n) is 11.3. The first-order valence-corrected chi connectivity index (χ1v) is 6.12. The highest BCUT2D eigenvalue weighted by molar-refractivity contribution is 5.97. The Morgan fingerprint density at radius 3 is 2.29 bits per heavy atom. The third-order valence-electron chi connectivity index (χ3n) is 2.70. The average Bonchev–Trinajstić information content (AvgIpc) is 2.48. The van der Waals surface area contributed by atoms with E-state index in [9.17, 15) is 9.59 Å². The first-order valence-electron chi connectivity index (χ1n) is 6.12. The highest BCUT2D eigenvalue weighted by Crippen LogP contribution is 2.24. The van der Waals surface area contributed by atoms with Crippen LogP contribution in [-0.4, -0.2) is 19.1 Å². The van der Waals surface area contributed by atoms with Gasteiger partial charge in [-0.15, -0.1) is 0 Å². The lowest BCUT2D eigenvalue weighted by atomic mass is 10.2. The van der Waals surface area contributed by atoms with Gasteiger partial charge in [0.2, 0.25) is 0 Å². The smallest absolute Gasteiger partial charge is 0.417 e. The number of primary amides is 1. The van der Waals surface area contributed by atoms with Crippen molar-refractivity contribution in [1.82, 2.24) is 0 Å². The summed E-state index contributed by atoms with van der Waals surface area (Å²) in [6.45, 7) is 0. The fourth-order valence-corrected chi connectivity index (χ4v) is 1.74. The third kappa shape index (κ3) is 3.50. The number of nitrogens with one attached hydrogen (secondary N) is 1. The molecule has 2 aromatic rings. The Morgan fingerprint density at radius 1 is 1.00 bits per heavy atom. The van der Waals surface area contributed by atoms with Crippen LogP contribution in [0, 0.1) is 0 Å². The molecule has 0 aliphatic carbocycles. The maximum absolute atomic E-state index is 11.9. The molecule has 0 heterocycles. The van der Waals surface area contributed by atoms with Crippen molar-refractivity contribution >= 4 is 17.7 Å². The molecule has 2 rings (SSSR count). The van der Waals surface area contributed by atoms with E-state index in [-0.39, 0.29) is 11.3 Å². The summed E-state index contributed by atoms with van der Waals surface area (Å²) in [6, 6.07) is 13.1. The number of benzene rings is 2. The second-order valence-electron chi connectivity index (χ2n) is 4.08. The minimum Gasteiger partial charge on any atom is -0.495 e. The number of anilines is 1. The van der Waals surface area contributed by atoms with Crippen molar-refractivity contribution in [3.63, 3.8) is 0 Å². The number of para-hydroxylation sites is 3. The second kappa shape index (κ2) is 6.42. The minimum absolute atomic E-state index is 0.0948. The molecule has 2 amide bonds. The Balaban J connectivity index is 2.14. The molecule has 6 nitrogen and oxygen atoms in total. The van der Waals surface area contributed by atoms with Gasteiger partial charge >= 0.3 is 6.09 Å². The molecule has 0 saturated heterocycles. The molecule has 0 aliphatic heterocycles. The van der Waals surface area contributed by atoms with E-state index in [1.54, 1.807) is 36.4 Å². The van der Waals surface area contributed by atoms with Crippen LogP contribution in [0.1, 0.15) is 10.4 Å². The van der Waals surface area contributed by atoms with Gasteiger partial charge in [0.15, 0.2) is 0 Å². The van der Waals surface area contributed by atoms with E-state index < -0.39 is 12.0 Å². The van der Waals surface area contributed by atoms with E-state index in [1.165, 1.54) is 19.2 Å². The summed E-state index contributed by atoms with van der Waals surface area (Å²) in [7, 11) is 1.49. The third-order valence-corrected chi connectivity index (χ3v) is 2.70. The van der Waals surface area contributed by atoms with Crippen LogP contribution in [0.25, 0.3) is 0 Å². The summed E-state index contributed by atoms with van der Waals surface area (Å²) in [6.07, 6.45) is -0.742. The highest BCUT2D eigenvalue weighted by Gasteiger charge is 2.13. The summed E-state index contributed by atoms with van der Waals surface area (Å²) in [5, 5.41) is 2.54. The molecule has 0 aliphatic rings. The lowest BCUT2D eigenvalue weighted by Gasteiger charge is -2.11. The highest BCUT2D eigenvalue weighted by atomic mass is 16.6. The van der Waals surface area contributed by atoms with Crippen molar-refractivity contribution in [1.29, 1.82) is 0 Å². The van der Waals surface area contributed by atoms with Crippen LogP contribution < -0.4 is 20.5 Å². The Labute approximate surface area is 121 Å². The van der Waals surface area contributed by atoms with Crippen LogP contribution in [0.2, 0.25) is 0 Å². The van der Waals surface area contributed by atoms with Gasteiger partial charge in [0.25, 0.3) is 5.91 Å². The maximum Gasteiger partial charge on any atom is 0.417 e. The molecule has 21 heavy (non-hydrogen) atoms. The van der Waals surface area contributed by atoms with E-state index in [1.807, 2.05) is 0 Å². The number of amides is 2. The van der Waals surface area contributed by atoms with Gasteiger partial charge < -0.3 is 15.2 Å². The monoisotopic (exact) mass is 286 g/mol. The van der Waals surface area contributed by atoms with Crippen molar-refractivity contribution in [2.24, 2.45) is 5.73 Å². The van der Waals surface area contributed by atoms with E-state index in [0.717, 1.165) is 0 Å². The average molecular weight is 286 g/mol. The van der Waals surface area contributed by atoms with Gasteiger partial charge in [-0.25, -0.2) is 4.79 Å². The van der Waals surface area contributed by atoms with Crippen LogP contribution in [0.3, 0.4) is 0 Å². The van der Waals surface area contributed by atoms with E-state index in [2.05, 4.69) is 5.32 Å². The van der Waals surface area contributed by atoms with Gasteiger partial charge in [-0.05, 0) is 24.3 Å². The summed E-state index contributed by atoms with van der Waals surface area (Å²) in [4.78, 5) is 23.1. The zero-order chi connectivity index (χ0) is 15.2. The molecule has 0 bridgehead atoms. The van der Waals surface area contributed by atoms with Crippen molar-refractivity contribution in [2.45, 2.75) is 0 Å². The first-order chi connectivity index (χ1) is 10.1. The number of ether oxygens (including phenoxy) is 2. The zero-order valence-corrected chi connectivity index (χ0v) is 11.3. The lowest BCUT2D eigenvalue weighted by Crippen LogP contribution is -2.20. The number of hydrogen-bond acceptors (Lipinski definition) is 4. The fraction of sp³-hybridized carbons (Fsp3) is 0.0667. The van der Waals surface area contributed by atoms with E-state index in [0.29, 0.717) is 11.4 Å². The van der Waals surface area contributed by atoms with Gasteiger partial charge in [-0.3, -0.25) is 10.1 Å². The first kappa shape index (κ1) is 14.4. The molecule has 3 N–H and O–H groups in total. The van der Waals surface area contributed by atoms with Crippen molar-refractivity contribution in [3.05, 3.63) is 54.1 Å². The van der Waals surface area contributed by atoms with Crippen LogP contribution in [0.4, 0.5) is 10.5 Å². The second-order valence-corrected chi connectivity index (χ2v) is 4.08. The minimum atomic E-state index is -0.742. The van der Waals surface area contributed by atoms with Crippen molar-refractivity contribution < 1.29 is 19.1 Å². The largest absolute Gasteiger partial charge is 0.495 e. The molecule has 108 valence electrons.